The number of halogens is 1. The fourth-order valence-corrected chi connectivity index (χ4v) is 1.59. The van der Waals surface area contributed by atoms with Crippen molar-refractivity contribution >= 4 is 29.2 Å². The molecule has 0 unspecified atom stereocenters. The van der Waals surface area contributed by atoms with Gasteiger partial charge in [0.05, 0.1) is 18.0 Å². The molecule has 1 amide bonds. The molecule has 1 aromatic rings. The Kier molecular flexibility index (Phi) is 5.92. The number of carbonyl (C=O) groups is 2. The van der Waals surface area contributed by atoms with Crippen molar-refractivity contribution in [3.8, 4) is 0 Å². The third-order valence-electron chi connectivity index (χ3n) is 2.33. The van der Waals surface area contributed by atoms with Crippen LogP contribution in [0, 0.1) is 10.1 Å². The van der Waals surface area contributed by atoms with Gasteiger partial charge >= 0.3 is 5.97 Å². The minimum Gasteiger partial charge on any atom is -0.466 e. The van der Waals surface area contributed by atoms with Gasteiger partial charge in [-0.2, -0.15) is 0 Å². The molecule has 1 N–H and O–H groups in total. The van der Waals surface area contributed by atoms with Crippen molar-refractivity contribution in [1.29, 1.82) is 0 Å². The van der Waals surface area contributed by atoms with Gasteiger partial charge in [-0.1, -0.05) is 11.6 Å². The Bertz CT molecular complexity index is 533. The number of hydrogen-bond acceptors (Lipinski definition) is 5. The van der Waals surface area contributed by atoms with Gasteiger partial charge in [0.25, 0.3) is 11.6 Å². The summed E-state index contributed by atoms with van der Waals surface area (Å²) >= 11 is 5.64. The first-order chi connectivity index (χ1) is 9.45. The second-order valence-electron chi connectivity index (χ2n) is 3.73. The van der Waals surface area contributed by atoms with Gasteiger partial charge in [-0.15, -0.1) is 0 Å². The monoisotopic (exact) mass is 300 g/mol. The summed E-state index contributed by atoms with van der Waals surface area (Å²) in [5, 5.41) is 13.1. The Morgan fingerprint density at radius 1 is 1.45 bits per heavy atom. The average molecular weight is 301 g/mol. The van der Waals surface area contributed by atoms with E-state index >= 15 is 0 Å². The van der Waals surface area contributed by atoms with Crippen molar-refractivity contribution in [2.24, 2.45) is 0 Å². The lowest BCUT2D eigenvalue weighted by molar-refractivity contribution is -0.384. The predicted molar refractivity (Wildman–Crippen MR) is 71.7 cm³/mol. The lowest BCUT2D eigenvalue weighted by Crippen LogP contribution is -2.26. The predicted octanol–water partition coefficient (Wildman–Crippen LogP) is 1.93. The third-order valence-corrected chi connectivity index (χ3v) is 2.64. The first-order valence-corrected chi connectivity index (χ1v) is 6.21. The maximum atomic E-state index is 11.7. The molecule has 0 atom stereocenters. The highest BCUT2D eigenvalue weighted by Crippen LogP contribution is 2.24. The summed E-state index contributed by atoms with van der Waals surface area (Å²) in [6, 6.07) is 3.73. The first-order valence-electron chi connectivity index (χ1n) is 5.83. The standard InChI is InChI=1S/C12H13ClN2O5/c1-2-20-11(16)5-6-14-12(17)8-3-4-9(13)10(7-8)15(18)19/h3-4,7H,2,5-6H2,1H3,(H,14,17). The first kappa shape index (κ1) is 15.9. The van der Waals surface area contributed by atoms with Crippen LogP contribution in [0.5, 0.6) is 0 Å². The van der Waals surface area contributed by atoms with E-state index in [1.807, 2.05) is 0 Å². The SMILES string of the molecule is CCOC(=O)CCNC(=O)c1ccc(Cl)c([N+](=O)[O-])c1. The number of carbonyl (C=O) groups excluding carboxylic acids is 2. The minimum atomic E-state index is -0.669. The molecular weight excluding hydrogens is 288 g/mol. The van der Waals surface area contributed by atoms with E-state index in [4.69, 9.17) is 16.3 Å². The fourth-order valence-electron chi connectivity index (χ4n) is 1.41. The highest BCUT2D eigenvalue weighted by atomic mass is 35.5. The van der Waals surface area contributed by atoms with E-state index in [-0.39, 0.29) is 35.8 Å². The van der Waals surface area contributed by atoms with Crippen molar-refractivity contribution < 1.29 is 19.2 Å². The summed E-state index contributed by atoms with van der Waals surface area (Å²) in [5.74, 6) is -0.941. The summed E-state index contributed by atoms with van der Waals surface area (Å²) in [6.07, 6.45) is 0.0370. The summed E-state index contributed by atoms with van der Waals surface area (Å²) in [5.41, 5.74) is -0.241. The minimum absolute atomic E-state index is 0.0370. The van der Waals surface area contributed by atoms with Crippen LogP contribution in [0.2, 0.25) is 5.02 Å². The number of esters is 1. The molecule has 108 valence electrons. The van der Waals surface area contributed by atoms with Gasteiger partial charge in [-0.25, -0.2) is 0 Å². The second kappa shape index (κ2) is 7.44. The van der Waals surface area contributed by atoms with Gasteiger partial charge in [0, 0.05) is 18.2 Å². The molecule has 0 heterocycles. The van der Waals surface area contributed by atoms with Gasteiger partial charge in [0.1, 0.15) is 5.02 Å². The largest absolute Gasteiger partial charge is 0.466 e. The Morgan fingerprint density at radius 3 is 2.75 bits per heavy atom. The van der Waals surface area contributed by atoms with Crippen LogP contribution in [0.3, 0.4) is 0 Å². The van der Waals surface area contributed by atoms with Crippen LogP contribution in [-0.4, -0.2) is 30.0 Å². The number of hydrogen-bond donors (Lipinski definition) is 1. The molecule has 0 aromatic heterocycles. The molecule has 7 nitrogen and oxygen atoms in total. The lowest BCUT2D eigenvalue weighted by atomic mass is 10.2. The molecule has 1 aromatic carbocycles. The van der Waals surface area contributed by atoms with Crippen LogP contribution >= 0.6 is 11.6 Å². The molecule has 0 fully saturated rings. The smallest absolute Gasteiger partial charge is 0.307 e. The molecular formula is C12H13ClN2O5. The van der Waals surface area contributed by atoms with Crippen LogP contribution < -0.4 is 5.32 Å². The summed E-state index contributed by atoms with van der Waals surface area (Å²) < 4.78 is 4.70. The van der Waals surface area contributed by atoms with E-state index in [1.54, 1.807) is 6.92 Å². The van der Waals surface area contributed by atoms with E-state index in [0.29, 0.717) is 0 Å². The Labute approximate surface area is 120 Å². The van der Waals surface area contributed by atoms with Crippen LogP contribution in [0.25, 0.3) is 0 Å². The van der Waals surface area contributed by atoms with Crippen molar-refractivity contribution in [3.05, 3.63) is 38.9 Å². The van der Waals surface area contributed by atoms with Crippen molar-refractivity contribution in [2.75, 3.05) is 13.2 Å². The number of amides is 1. The number of nitrogens with zero attached hydrogens (tertiary/aromatic N) is 1. The lowest BCUT2D eigenvalue weighted by Gasteiger charge is -2.05. The van der Waals surface area contributed by atoms with E-state index in [0.717, 1.165) is 6.07 Å². The van der Waals surface area contributed by atoms with Gasteiger partial charge in [-0.3, -0.25) is 19.7 Å². The third kappa shape index (κ3) is 4.51. The van der Waals surface area contributed by atoms with Crippen LogP contribution in [-0.2, 0) is 9.53 Å². The van der Waals surface area contributed by atoms with E-state index in [9.17, 15) is 19.7 Å². The van der Waals surface area contributed by atoms with Gasteiger partial charge in [0.15, 0.2) is 0 Å². The number of nitro groups is 1. The van der Waals surface area contributed by atoms with E-state index in [1.165, 1.54) is 12.1 Å². The van der Waals surface area contributed by atoms with Gasteiger partial charge in [0.2, 0.25) is 0 Å². The van der Waals surface area contributed by atoms with Crippen molar-refractivity contribution in [1.82, 2.24) is 5.32 Å². The highest BCUT2D eigenvalue weighted by molar-refractivity contribution is 6.32. The number of nitrogens with one attached hydrogen (secondary N) is 1. The normalized spacial score (nSPS) is 9.90. The maximum Gasteiger partial charge on any atom is 0.307 e. The molecule has 1 rings (SSSR count). The zero-order chi connectivity index (χ0) is 15.1. The summed E-state index contributed by atoms with van der Waals surface area (Å²) in [4.78, 5) is 32.8. The Morgan fingerprint density at radius 2 is 2.15 bits per heavy atom. The van der Waals surface area contributed by atoms with Gasteiger partial charge in [-0.05, 0) is 19.1 Å². The van der Waals surface area contributed by atoms with E-state index in [2.05, 4.69) is 5.32 Å². The zero-order valence-electron chi connectivity index (χ0n) is 10.7. The molecule has 0 bridgehead atoms. The second-order valence-corrected chi connectivity index (χ2v) is 4.14. The molecule has 0 radical (unpaired) electrons. The van der Waals surface area contributed by atoms with Gasteiger partial charge < -0.3 is 10.1 Å². The number of nitro benzene ring substituents is 1. The van der Waals surface area contributed by atoms with Crippen LogP contribution in [0.1, 0.15) is 23.7 Å². The van der Waals surface area contributed by atoms with Crippen LogP contribution in [0.4, 0.5) is 5.69 Å². The maximum absolute atomic E-state index is 11.7. The summed E-state index contributed by atoms with van der Waals surface area (Å²) in [7, 11) is 0. The molecule has 0 saturated heterocycles. The van der Waals surface area contributed by atoms with E-state index < -0.39 is 16.8 Å². The highest BCUT2D eigenvalue weighted by Gasteiger charge is 2.16. The summed E-state index contributed by atoms with van der Waals surface area (Å²) in [6.45, 7) is 2.05. The average Bonchev–Trinajstić information content (AvgIpc) is 2.39. The molecule has 20 heavy (non-hydrogen) atoms. The molecule has 0 aliphatic carbocycles. The molecule has 0 saturated carbocycles. The molecule has 0 aliphatic rings. The number of benzene rings is 1. The number of ether oxygens (including phenoxy) is 1. The number of rotatable bonds is 6. The topological polar surface area (TPSA) is 98.5 Å². The molecule has 8 heteroatoms. The van der Waals surface area contributed by atoms with Crippen molar-refractivity contribution in [3.63, 3.8) is 0 Å². The van der Waals surface area contributed by atoms with Crippen LogP contribution in [0.15, 0.2) is 18.2 Å². The zero-order valence-corrected chi connectivity index (χ0v) is 11.5. The van der Waals surface area contributed by atoms with Crippen molar-refractivity contribution in [2.45, 2.75) is 13.3 Å². The fraction of sp³-hybridized carbons (Fsp3) is 0.333. The Balaban J connectivity index is 2.62. The Hall–Kier alpha value is -2.15. The molecule has 0 spiro atoms. The quantitative estimate of drug-likeness (QED) is 0.491. The molecule has 0 aliphatic heterocycles.